The lowest BCUT2D eigenvalue weighted by atomic mass is 9.92. The highest BCUT2D eigenvalue weighted by Gasteiger charge is 2.61. The molecule has 21 heavy (non-hydrogen) atoms. The van der Waals surface area contributed by atoms with Crippen LogP contribution in [0.5, 0.6) is 5.75 Å². The van der Waals surface area contributed by atoms with Gasteiger partial charge in [0.2, 0.25) is 0 Å². The largest absolute Gasteiger partial charge is 0.493 e. The van der Waals surface area contributed by atoms with Crippen LogP contribution in [-0.2, 0) is 6.42 Å². The second-order valence-electron chi connectivity index (χ2n) is 4.59. The van der Waals surface area contributed by atoms with E-state index in [1.54, 1.807) is 0 Å². The quantitative estimate of drug-likeness (QED) is 0.783. The van der Waals surface area contributed by atoms with E-state index in [2.05, 4.69) is 15.9 Å². The maximum Gasteiger partial charge on any atom is 0.403 e. The van der Waals surface area contributed by atoms with E-state index in [-0.39, 0.29) is 16.8 Å². The topological polar surface area (TPSA) is 29.5 Å². The smallest absolute Gasteiger partial charge is 0.403 e. The molecule has 0 radical (unpaired) electrons. The summed E-state index contributed by atoms with van der Waals surface area (Å²) in [5.41, 5.74) is -0.0574. The molecule has 9 heteroatoms. The summed E-state index contributed by atoms with van der Waals surface area (Å²) in [5, 5.41) is 9.70. The molecule has 1 heterocycles. The van der Waals surface area contributed by atoms with Crippen molar-refractivity contribution in [1.82, 2.24) is 0 Å². The SMILES string of the molecule is OC(c1cc(Br)cc2c1OCC2)C(C(F)(F)F)C(F)(F)F. The zero-order valence-corrected chi connectivity index (χ0v) is 11.8. The molecule has 0 bridgehead atoms. The molecular formula is C12H9BrF6O2. The van der Waals surface area contributed by atoms with Gasteiger partial charge in [0, 0.05) is 16.5 Å². The van der Waals surface area contributed by atoms with Crippen molar-refractivity contribution >= 4 is 15.9 Å². The van der Waals surface area contributed by atoms with Gasteiger partial charge in [0.25, 0.3) is 0 Å². The van der Waals surface area contributed by atoms with Gasteiger partial charge in [0.1, 0.15) is 11.9 Å². The van der Waals surface area contributed by atoms with Crippen LogP contribution >= 0.6 is 15.9 Å². The van der Waals surface area contributed by atoms with Crippen molar-refractivity contribution in [2.75, 3.05) is 6.61 Å². The number of fused-ring (bicyclic) bond motifs is 1. The van der Waals surface area contributed by atoms with E-state index in [9.17, 15) is 31.4 Å². The Morgan fingerprint density at radius 2 is 1.67 bits per heavy atom. The summed E-state index contributed by atoms with van der Waals surface area (Å²) in [7, 11) is 0. The van der Waals surface area contributed by atoms with Gasteiger partial charge in [-0.25, -0.2) is 0 Å². The Labute approximate surface area is 123 Å². The van der Waals surface area contributed by atoms with E-state index < -0.39 is 29.9 Å². The molecule has 0 aromatic heterocycles. The van der Waals surface area contributed by atoms with Crippen LogP contribution in [0.25, 0.3) is 0 Å². The summed E-state index contributed by atoms with van der Waals surface area (Å²) in [6, 6.07) is 2.55. The number of alkyl halides is 6. The van der Waals surface area contributed by atoms with Crippen LogP contribution < -0.4 is 4.74 Å². The average molecular weight is 379 g/mol. The molecule has 1 N–H and O–H groups in total. The first-order chi connectivity index (χ1) is 9.51. The van der Waals surface area contributed by atoms with Gasteiger partial charge in [0.15, 0.2) is 5.92 Å². The normalized spacial score (nSPS) is 16.8. The van der Waals surface area contributed by atoms with Gasteiger partial charge in [-0.1, -0.05) is 15.9 Å². The number of hydrogen-bond acceptors (Lipinski definition) is 2. The van der Waals surface area contributed by atoms with Crippen molar-refractivity contribution in [2.45, 2.75) is 24.9 Å². The summed E-state index contributed by atoms with van der Waals surface area (Å²) in [5.74, 6) is -3.98. The van der Waals surface area contributed by atoms with Crippen LogP contribution in [0.15, 0.2) is 16.6 Å². The molecule has 0 spiro atoms. The van der Waals surface area contributed by atoms with E-state index >= 15 is 0 Å². The third-order valence-electron chi connectivity index (χ3n) is 3.12. The molecule has 118 valence electrons. The number of halogens is 7. The third kappa shape index (κ3) is 3.28. The Hall–Kier alpha value is -0.960. The minimum Gasteiger partial charge on any atom is -0.493 e. The van der Waals surface area contributed by atoms with Crippen LogP contribution in [0, 0.1) is 5.92 Å². The van der Waals surface area contributed by atoms with Gasteiger partial charge >= 0.3 is 12.4 Å². The highest BCUT2D eigenvalue weighted by atomic mass is 79.9. The second-order valence-corrected chi connectivity index (χ2v) is 5.50. The highest BCUT2D eigenvalue weighted by Crippen LogP contribution is 2.49. The highest BCUT2D eigenvalue weighted by molar-refractivity contribution is 9.10. The molecule has 0 aliphatic carbocycles. The first-order valence-corrected chi connectivity index (χ1v) is 6.57. The predicted molar refractivity (Wildman–Crippen MR) is 63.9 cm³/mol. The van der Waals surface area contributed by atoms with Gasteiger partial charge in [-0.2, -0.15) is 26.3 Å². The lowest BCUT2D eigenvalue weighted by molar-refractivity contribution is -0.307. The average Bonchev–Trinajstić information content (AvgIpc) is 2.71. The molecule has 1 aromatic rings. The molecular weight excluding hydrogens is 370 g/mol. The van der Waals surface area contributed by atoms with Crippen molar-refractivity contribution in [3.8, 4) is 5.75 Å². The molecule has 0 saturated heterocycles. The van der Waals surface area contributed by atoms with Crippen molar-refractivity contribution < 1.29 is 36.2 Å². The Morgan fingerprint density at radius 1 is 1.10 bits per heavy atom. The molecule has 2 rings (SSSR count). The zero-order chi connectivity index (χ0) is 16.0. The van der Waals surface area contributed by atoms with Gasteiger partial charge in [-0.3, -0.25) is 0 Å². The molecule has 0 fully saturated rings. The van der Waals surface area contributed by atoms with Crippen molar-refractivity contribution in [2.24, 2.45) is 5.92 Å². The summed E-state index contributed by atoms with van der Waals surface area (Å²) >= 11 is 3.00. The number of rotatable bonds is 2. The number of aliphatic hydroxyl groups is 1. The van der Waals surface area contributed by atoms with E-state index in [0.29, 0.717) is 12.0 Å². The minimum atomic E-state index is -5.62. The molecule has 0 saturated carbocycles. The van der Waals surface area contributed by atoms with E-state index in [0.717, 1.165) is 6.07 Å². The maximum atomic E-state index is 12.7. The fourth-order valence-electron chi connectivity index (χ4n) is 2.24. The van der Waals surface area contributed by atoms with E-state index in [1.165, 1.54) is 6.07 Å². The second kappa shape index (κ2) is 5.35. The standard InChI is InChI=1S/C12H9BrF6O2/c13-6-3-5-1-2-21-9(5)7(4-6)8(20)10(11(14,15)16)12(17,18)19/h3-4,8,10,20H,1-2H2. The molecule has 1 atom stereocenters. The van der Waals surface area contributed by atoms with Crippen LogP contribution in [0.2, 0.25) is 0 Å². The van der Waals surface area contributed by atoms with Crippen LogP contribution in [0.3, 0.4) is 0 Å². The maximum absolute atomic E-state index is 12.7. The summed E-state index contributed by atoms with van der Waals surface area (Å²) in [4.78, 5) is 0. The Balaban J connectivity index is 2.50. The van der Waals surface area contributed by atoms with Crippen molar-refractivity contribution in [3.63, 3.8) is 0 Å². The Bertz CT molecular complexity index is 526. The fourth-order valence-corrected chi connectivity index (χ4v) is 2.76. The number of hydrogen-bond donors (Lipinski definition) is 1. The Kier molecular flexibility index (Phi) is 4.18. The molecule has 1 aliphatic heterocycles. The van der Waals surface area contributed by atoms with Crippen molar-refractivity contribution in [3.05, 3.63) is 27.7 Å². The van der Waals surface area contributed by atoms with Crippen LogP contribution in [0.1, 0.15) is 17.2 Å². The van der Waals surface area contributed by atoms with Gasteiger partial charge < -0.3 is 9.84 Å². The predicted octanol–water partition coefficient (Wildman–Crippen LogP) is 4.16. The lowest BCUT2D eigenvalue weighted by Crippen LogP contribution is -2.41. The number of ether oxygens (including phenoxy) is 1. The number of aliphatic hydroxyl groups excluding tert-OH is 1. The van der Waals surface area contributed by atoms with E-state index in [1.807, 2.05) is 0 Å². The van der Waals surface area contributed by atoms with Gasteiger partial charge in [0.05, 0.1) is 6.61 Å². The summed E-state index contributed by atoms with van der Waals surface area (Å²) in [6.07, 6.45) is -13.7. The third-order valence-corrected chi connectivity index (χ3v) is 3.57. The fraction of sp³-hybridized carbons (Fsp3) is 0.500. The molecule has 1 aliphatic rings. The first kappa shape index (κ1) is 16.4. The summed E-state index contributed by atoms with van der Waals surface area (Å²) in [6.45, 7) is 0.147. The zero-order valence-electron chi connectivity index (χ0n) is 10.2. The minimum absolute atomic E-state index is 0.107. The Morgan fingerprint density at radius 3 is 2.19 bits per heavy atom. The number of benzene rings is 1. The summed E-state index contributed by atoms with van der Waals surface area (Å²) < 4.78 is 81.4. The molecule has 1 aromatic carbocycles. The molecule has 1 unspecified atom stereocenters. The lowest BCUT2D eigenvalue weighted by Gasteiger charge is -2.28. The first-order valence-electron chi connectivity index (χ1n) is 5.78. The van der Waals surface area contributed by atoms with Crippen molar-refractivity contribution in [1.29, 1.82) is 0 Å². The monoisotopic (exact) mass is 378 g/mol. The van der Waals surface area contributed by atoms with Gasteiger partial charge in [-0.05, 0) is 17.7 Å². The van der Waals surface area contributed by atoms with E-state index in [4.69, 9.17) is 4.74 Å². The van der Waals surface area contributed by atoms with Gasteiger partial charge in [-0.15, -0.1) is 0 Å². The van der Waals surface area contributed by atoms with Crippen LogP contribution in [-0.4, -0.2) is 24.1 Å². The molecule has 2 nitrogen and oxygen atoms in total. The molecule has 0 amide bonds. The van der Waals surface area contributed by atoms with Crippen LogP contribution in [0.4, 0.5) is 26.3 Å².